The van der Waals surface area contributed by atoms with E-state index in [1.54, 1.807) is 0 Å². The van der Waals surface area contributed by atoms with Crippen molar-refractivity contribution in [1.82, 2.24) is 0 Å². The minimum Gasteiger partial charge on any atom is -0.489 e. The molecule has 0 spiro atoms. The first-order valence-corrected chi connectivity index (χ1v) is 14.5. The first-order chi connectivity index (χ1) is 21.6. The molecule has 0 unspecified atom stereocenters. The third-order valence-corrected chi connectivity index (χ3v) is 6.86. The molecular weight excluding hydrogens is 552 g/mol. The van der Waals surface area contributed by atoms with Gasteiger partial charge in [0.1, 0.15) is 37.9 Å². The third kappa shape index (κ3) is 9.88. The van der Waals surface area contributed by atoms with Gasteiger partial charge in [-0.3, -0.25) is 9.59 Å². The Hall–Kier alpha value is -5.36. The van der Waals surface area contributed by atoms with Gasteiger partial charge < -0.3 is 18.9 Å². The van der Waals surface area contributed by atoms with E-state index in [0.29, 0.717) is 13.2 Å². The van der Waals surface area contributed by atoms with Crippen LogP contribution in [0.1, 0.15) is 33.4 Å². The molecule has 44 heavy (non-hydrogen) atoms. The van der Waals surface area contributed by atoms with Crippen LogP contribution < -0.4 is 9.47 Å². The number of hydrogen-bond donors (Lipinski definition) is 0. The van der Waals surface area contributed by atoms with Crippen molar-refractivity contribution in [3.05, 3.63) is 167 Å². The van der Waals surface area contributed by atoms with Crippen molar-refractivity contribution >= 4 is 11.9 Å². The first kappa shape index (κ1) is 30.1. The summed E-state index contributed by atoms with van der Waals surface area (Å²) in [5.41, 5.74) is 5.60. The van der Waals surface area contributed by atoms with Gasteiger partial charge in [-0.05, 0) is 57.6 Å². The monoisotopic (exact) mass is 586 g/mol. The number of carbonyl (C=O) groups is 2. The number of hydrogen-bond acceptors (Lipinski definition) is 6. The summed E-state index contributed by atoms with van der Waals surface area (Å²) in [6.45, 7) is 1.32. The number of benzene rings is 5. The molecule has 0 saturated heterocycles. The summed E-state index contributed by atoms with van der Waals surface area (Å²) in [4.78, 5) is 24.7. The largest absolute Gasteiger partial charge is 0.489 e. The van der Waals surface area contributed by atoms with Crippen LogP contribution in [0.2, 0.25) is 0 Å². The molecule has 0 heterocycles. The molecule has 0 aliphatic heterocycles. The molecule has 0 aromatic heterocycles. The fraction of sp³-hybridized carbons (Fsp3) is 0.158. The fourth-order valence-corrected chi connectivity index (χ4v) is 4.38. The Morgan fingerprint density at radius 1 is 0.364 bits per heavy atom. The van der Waals surface area contributed by atoms with Crippen molar-refractivity contribution < 1.29 is 28.5 Å². The van der Waals surface area contributed by atoms with E-state index >= 15 is 0 Å². The molecule has 0 aliphatic carbocycles. The highest BCUT2D eigenvalue weighted by atomic mass is 16.5. The summed E-state index contributed by atoms with van der Waals surface area (Å²) < 4.78 is 22.5. The zero-order valence-corrected chi connectivity index (χ0v) is 24.4. The predicted octanol–water partition coefficient (Wildman–Crippen LogP) is 7.42. The van der Waals surface area contributed by atoms with Gasteiger partial charge in [0, 0.05) is 0 Å². The highest BCUT2D eigenvalue weighted by Crippen LogP contribution is 2.17. The Morgan fingerprint density at radius 2 is 0.682 bits per heavy atom. The Kier molecular flexibility index (Phi) is 10.8. The van der Waals surface area contributed by atoms with Crippen LogP contribution in [-0.4, -0.2) is 11.9 Å². The van der Waals surface area contributed by atoms with Crippen molar-refractivity contribution in [2.45, 2.75) is 39.3 Å². The van der Waals surface area contributed by atoms with Gasteiger partial charge in [-0.1, -0.05) is 109 Å². The lowest BCUT2D eigenvalue weighted by Crippen LogP contribution is -2.09. The molecule has 0 atom stereocenters. The van der Waals surface area contributed by atoms with Crippen LogP contribution in [-0.2, 0) is 58.3 Å². The summed E-state index contributed by atoms with van der Waals surface area (Å²) in [5, 5.41) is 0. The second-order valence-electron chi connectivity index (χ2n) is 10.3. The Bertz CT molecular complexity index is 1470. The second kappa shape index (κ2) is 15.8. The van der Waals surface area contributed by atoms with Crippen LogP contribution in [0.3, 0.4) is 0 Å². The van der Waals surface area contributed by atoms with Gasteiger partial charge in [-0.15, -0.1) is 0 Å². The van der Waals surface area contributed by atoms with Gasteiger partial charge in [-0.25, -0.2) is 0 Å². The van der Waals surface area contributed by atoms with Crippen LogP contribution in [0.15, 0.2) is 133 Å². The van der Waals surface area contributed by atoms with E-state index in [1.807, 2.05) is 133 Å². The van der Waals surface area contributed by atoms with Gasteiger partial charge >= 0.3 is 11.9 Å². The summed E-state index contributed by atoms with van der Waals surface area (Å²) >= 11 is 0. The topological polar surface area (TPSA) is 71.1 Å². The molecule has 0 N–H and O–H groups in total. The van der Waals surface area contributed by atoms with E-state index in [9.17, 15) is 9.59 Å². The van der Waals surface area contributed by atoms with Gasteiger partial charge in [0.15, 0.2) is 0 Å². The minimum absolute atomic E-state index is 0.169. The van der Waals surface area contributed by atoms with Crippen LogP contribution >= 0.6 is 0 Å². The average molecular weight is 587 g/mol. The highest BCUT2D eigenvalue weighted by Gasteiger charge is 2.09. The molecule has 0 bridgehead atoms. The molecule has 0 radical (unpaired) electrons. The van der Waals surface area contributed by atoms with Crippen molar-refractivity contribution in [1.29, 1.82) is 0 Å². The Morgan fingerprint density at radius 3 is 1.05 bits per heavy atom. The smallest absolute Gasteiger partial charge is 0.310 e. The molecule has 222 valence electrons. The zero-order valence-electron chi connectivity index (χ0n) is 24.4. The number of rotatable bonds is 14. The molecule has 0 aliphatic rings. The number of carbonyl (C=O) groups excluding carboxylic acids is 2. The predicted molar refractivity (Wildman–Crippen MR) is 168 cm³/mol. The standard InChI is InChI=1S/C38H34O6/c39-37(23-29-15-19-35(20-16-29)41-25-31-7-3-1-4-8-31)43-27-33-11-13-34(14-12-33)28-44-38(40)24-30-17-21-36(22-18-30)42-26-32-9-5-2-6-10-32/h1-22H,23-28H2. The van der Waals surface area contributed by atoms with Crippen molar-refractivity contribution in [2.75, 3.05) is 0 Å². The van der Waals surface area contributed by atoms with E-state index in [1.165, 1.54) is 0 Å². The van der Waals surface area contributed by atoms with Crippen LogP contribution in [0.5, 0.6) is 11.5 Å². The van der Waals surface area contributed by atoms with Gasteiger partial charge in [0.2, 0.25) is 0 Å². The summed E-state index contributed by atoms with van der Waals surface area (Å²) in [6.07, 6.45) is 0.354. The molecule has 6 heteroatoms. The van der Waals surface area contributed by atoms with Crippen molar-refractivity contribution in [3.63, 3.8) is 0 Å². The van der Waals surface area contributed by atoms with Crippen LogP contribution in [0.4, 0.5) is 0 Å². The molecule has 0 saturated carbocycles. The molecule has 5 rings (SSSR count). The summed E-state index contributed by atoms with van der Waals surface area (Å²) in [5.74, 6) is 0.875. The first-order valence-electron chi connectivity index (χ1n) is 14.5. The van der Waals surface area contributed by atoms with E-state index < -0.39 is 0 Å². The van der Waals surface area contributed by atoms with Crippen LogP contribution in [0.25, 0.3) is 0 Å². The van der Waals surface area contributed by atoms with E-state index in [4.69, 9.17) is 18.9 Å². The maximum atomic E-state index is 12.4. The minimum atomic E-state index is -0.309. The van der Waals surface area contributed by atoms with Gasteiger partial charge in [0.25, 0.3) is 0 Å². The van der Waals surface area contributed by atoms with Crippen molar-refractivity contribution in [2.24, 2.45) is 0 Å². The van der Waals surface area contributed by atoms with Gasteiger partial charge in [0.05, 0.1) is 12.8 Å². The molecule has 5 aromatic rings. The molecule has 0 amide bonds. The van der Waals surface area contributed by atoms with E-state index in [0.717, 1.165) is 44.9 Å². The lowest BCUT2D eigenvalue weighted by atomic mass is 10.1. The summed E-state index contributed by atoms with van der Waals surface area (Å²) in [6, 6.07) is 42.3. The molecule has 6 nitrogen and oxygen atoms in total. The average Bonchev–Trinajstić information content (AvgIpc) is 3.07. The second-order valence-corrected chi connectivity index (χ2v) is 10.3. The van der Waals surface area contributed by atoms with Crippen LogP contribution in [0, 0.1) is 0 Å². The van der Waals surface area contributed by atoms with E-state index in [-0.39, 0.29) is 38.0 Å². The van der Waals surface area contributed by atoms with Crippen molar-refractivity contribution in [3.8, 4) is 11.5 Å². The van der Waals surface area contributed by atoms with E-state index in [2.05, 4.69) is 0 Å². The lowest BCUT2D eigenvalue weighted by molar-refractivity contribution is -0.145. The molecular formula is C38H34O6. The molecule has 5 aromatic carbocycles. The van der Waals surface area contributed by atoms with Gasteiger partial charge in [-0.2, -0.15) is 0 Å². The SMILES string of the molecule is O=C(Cc1ccc(OCc2ccccc2)cc1)OCc1ccc(COC(=O)Cc2ccc(OCc3ccccc3)cc2)cc1. The third-order valence-electron chi connectivity index (χ3n) is 6.86. The number of esters is 2. The summed E-state index contributed by atoms with van der Waals surface area (Å²) in [7, 11) is 0. The Balaban J connectivity index is 0.981. The maximum absolute atomic E-state index is 12.4. The Labute approximate surface area is 257 Å². The zero-order chi connectivity index (χ0) is 30.4. The molecule has 0 fully saturated rings. The normalized spacial score (nSPS) is 10.5. The lowest BCUT2D eigenvalue weighted by Gasteiger charge is -2.09. The highest BCUT2D eigenvalue weighted by molar-refractivity contribution is 5.73. The quantitative estimate of drug-likeness (QED) is 0.126. The number of ether oxygens (including phenoxy) is 4. The fourth-order valence-electron chi connectivity index (χ4n) is 4.38. The maximum Gasteiger partial charge on any atom is 0.310 e.